The van der Waals surface area contributed by atoms with Crippen molar-refractivity contribution in [2.45, 2.75) is 0 Å². The first-order valence-electron chi connectivity index (χ1n) is 6.24. The van der Waals surface area contributed by atoms with Gasteiger partial charge in [0.15, 0.2) is 5.76 Å². The topological polar surface area (TPSA) is 52.6 Å². The standard InChI is InChI=1S/C16H11ClO4/c1-2-7-20-16-14(18)11-9-10(17)5-6-12(11)21-15(16)13-4-3-8-19-13/h2-6,8-9H,1,7H2. The minimum Gasteiger partial charge on any atom is -0.482 e. The summed E-state index contributed by atoms with van der Waals surface area (Å²) in [6.07, 6.45) is 3.05. The average molecular weight is 303 g/mol. The van der Waals surface area contributed by atoms with Crippen LogP contribution in [0.5, 0.6) is 5.75 Å². The number of hydrogen-bond donors (Lipinski definition) is 0. The van der Waals surface area contributed by atoms with Gasteiger partial charge in [-0.15, -0.1) is 0 Å². The third-order valence-corrected chi connectivity index (χ3v) is 3.14. The maximum absolute atomic E-state index is 12.6. The Labute approximate surface area is 125 Å². The van der Waals surface area contributed by atoms with Gasteiger partial charge >= 0.3 is 0 Å². The van der Waals surface area contributed by atoms with E-state index in [9.17, 15) is 4.79 Å². The number of furan rings is 1. The summed E-state index contributed by atoms with van der Waals surface area (Å²) in [4.78, 5) is 12.6. The van der Waals surface area contributed by atoms with E-state index < -0.39 is 0 Å². The molecule has 0 spiro atoms. The zero-order valence-electron chi connectivity index (χ0n) is 11.0. The van der Waals surface area contributed by atoms with Gasteiger partial charge in [-0.2, -0.15) is 0 Å². The Morgan fingerprint density at radius 1 is 1.33 bits per heavy atom. The van der Waals surface area contributed by atoms with Crippen molar-refractivity contribution in [2.24, 2.45) is 0 Å². The summed E-state index contributed by atoms with van der Waals surface area (Å²) >= 11 is 5.93. The second-order valence-electron chi connectivity index (χ2n) is 4.31. The maximum Gasteiger partial charge on any atom is 0.235 e. The molecule has 0 N–H and O–H groups in total. The molecular formula is C16H11ClO4. The third-order valence-electron chi connectivity index (χ3n) is 2.90. The van der Waals surface area contributed by atoms with E-state index in [0.717, 1.165) is 0 Å². The Bertz CT molecular complexity index is 847. The third kappa shape index (κ3) is 2.45. The Kier molecular flexibility index (Phi) is 3.54. The van der Waals surface area contributed by atoms with Gasteiger partial charge in [0.2, 0.25) is 16.9 Å². The predicted octanol–water partition coefficient (Wildman–Crippen LogP) is 4.27. The number of hydrogen-bond acceptors (Lipinski definition) is 4. The Morgan fingerprint density at radius 3 is 2.90 bits per heavy atom. The van der Waals surface area contributed by atoms with Crippen LogP contribution in [0.1, 0.15) is 0 Å². The molecule has 0 atom stereocenters. The molecule has 5 heteroatoms. The molecule has 0 saturated carbocycles. The number of fused-ring (bicyclic) bond motifs is 1. The van der Waals surface area contributed by atoms with Gasteiger partial charge in [-0.3, -0.25) is 4.79 Å². The molecule has 21 heavy (non-hydrogen) atoms. The number of rotatable bonds is 4. The van der Waals surface area contributed by atoms with E-state index in [1.807, 2.05) is 0 Å². The fourth-order valence-corrected chi connectivity index (χ4v) is 2.17. The smallest absolute Gasteiger partial charge is 0.235 e. The molecule has 0 radical (unpaired) electrons. The zero-order chi connectivity index (χ0) is 14.8. The number of halogens is 1. The quantitative estimate of drug-likeness (QED) is 0.675. The fourth-order valence-electron chi connectivity index (χ4n) is 1.99. The molecule has 2 aromatic heterocycles. The first-order chi connectivity index (χ1) is 10.2. The van der Waals surface area contributed by atoms with E-state index in [0.29, 0.717) is 21.8 Å². The van der Waals surface area contributed by atoms with Crippen molar-refractivity contribution in [1.29, 1.82) is 0 Å². The molecular weight excluding hydrogens is 292 g/mol. The van der Waals surface area contributed by atoms with Gasteiger partial charge in [0.25, 0.3) is 0 Å². The summed E-state index contributed by atoms with van der Waals surface area (Å²) in [5.41, 5.74) is 0.119. The van der Waals surface area contributed by atoms with Crippen molar-refractivity contribution < 1.29 is 13.6 Å². The van der Waals surface area contributed by atoms with Crippen LogP contribution in [-0.2, 0) is 0 Å². The van der Waals surface area contributed by atoms with Crippen LogP contribution in [-0.4, -0.2) is 6.61 Å². The zero-order valence-corrected chi connectivity index (χ0v) is 11.7. The Hall–Kier alpha value is -2.46. The summed E-state index contributed by atoms with van der Waals surface area (Å²) in [7, 11) is 0. The Balaban J connectivity index is 2.31. The summed E-state index contributed by atoms with van der Waals surface area (Å²) < 4.78 is 16.5. The molecule has 0 unspecified atom stereocenters. The second kappa shape index (κ2) is 5.50. The molecule has 0 bridgehead atoms. The van der Waals surface area contributed by atoms with Crippen molar-refractivity contribution >= 4 is 22.6 Å². The molecule has 0 aliphatic heterocycles. The minimum atomic E-state index is -0.299. The van der Waals surface area contributed by atoms with Crippen LogP contribution in [0.25, 0.3) is 22.5 Å². The lowest BCUT2D eigenvalue weighted by molar-refractivity contribution is 0.349. The monoisotopic (exact) mass is 302 g/mol. The molecule has 2 heterocycles. The van der Waals surface area contributed by atoms with Gasteiger partial charge in [0.05, 0.1) is 11.6 Å². The average Bonchev–Trinajstić information content (AvgIpc) is 3.01. The molecule has 3 rings (SSSR count). The van der Waals surface area contributed by atoms with Crippen LogP contribution in [0.3, 0.4) is 0 Å². The van der Waals surface area contributed by atoms with Gasteiger partial charge < -0.3 is 13.6 Å². The van der Waals surface area contributed by atoms with Crippen LogP contribution >= 0.6 is 11.6 Å². The van der Waals surface area contributed by atoms with Gasteiger partial charge in [-0.25, -0.2) is 0 Å². The predicted molar refractivity (Wildman–Crippen MR) is 80.9 cm³/mol. The number of ether oxygens (including phenoxy) is 1. The second-order valence-corrected chi connectivity index (χ2v) is 4.74. The van der Waals surface area contributed by atoms with Crippen molar-refractivity contribution in [3.8, 4) is 17.3 Å². The lowest BCUT2D eigenvalue weighted by Gasteiger charge is -2.08. The number of benzene rings is 1. The molecule has 0 aliphatic rings. The van der Waals surface area contributed by atoms with E-state index in [1.165, 1.54) is 6.26 Å². The first-order valence-corrected chi connectivity index (χ1v) is 6.62. The van der Waals surface area contributed by atoms with Gasteiger partial charge in [0.1, 0.15) is 12.2 Å². The summed E-state index contributed by atoms with van der Waals surface area (Å²) in [6, 6.07) is 8.25. The minimum absolute atomic E-state index is 0.0830. The molecule has 0 aliphatic carbocycles. The summed E-state index contributed by atoms with van der Waals surface area (Å²) in [6.45, 7) is 3.76. The van der Waals surface area contributed by atoms with Gasteiger partial charge in [0, 0.05) is 5.02 Å². The highest BCUT2D eigenvalue weighted by molar-refractivity contribution is 6.31. The van der Waals surface area contributed by atoms with E-state index >= 15 is 0 Å². The van der Waals surface area contributed by atoms with Crippen LogP contribution in [0.15, 0.2) is 62.9 Å². The first kappa shape index (κ1) is 13.5. The van der Waals surface area contributed by atoms with E-state index in [1.54, 1.807) is 36.4 Å². The largest absolute Gasteiger partial charge is 0.482 e. The molecule has 0 fully saturated rings. The van der Waals surface area contributed by atoms with E-state index in [4.69, 9.17) is 25.2 Å². The van der Waals surface area contributed by atoms with Gasteiger partial charge in [-0.05, 0) is 30.3 Å². The lowest BCUT2D eigenvalue weighted by atomic mass is 10.2. The molecule has 0 saturated heterocycles. The van der Waals surface area contributed by atoms with Crippen LogP contribution < -0.4 is 10.2 Å². The highest BCUT2D eigenvalue weighted by atomic mass is 35.5. The molecule has 0 amide bonds. The molecule has 4 nitrogen and oxygen atoms in total. The molecule has 3 aromatic rings. The lowest BCUT2D eigenvalue weighted by Crippen LogP contribution is -2.10. The van der Waals surface area contributed by atoms with Crippen molar-refractivity contribution in [3.05, 3.63) is 64.5 Å². The van der Waals surface area contributed by atoms with Crippen LogP contribution in [0.4, 0.5) is 0 Å². The molecule has 1 aromatic carbocycles. The SMILES string of the molecule is C=CCOc1c(-c2ccco2)oc2ccc(Cl)cc2c1=O. The van der Waals surface area contributed by atoms with Crippen molar-refractivity contribution in [1.82, 2.24) is 0 Å². The highest BCUT2D eigenvalue weighted by Crippen LogP contribution is 2.31. The summed E-state index contributed by atoms with van der Waals surface area (Å²) in [5, 5.41) is 0.812. The van der Waals surface area contributed by atoms with Crippen LogP contribution in [0, 0.1) is 0 Å². The van der Waals surface area contributed by atoms with Gasteiger partial charge in [-0.1, -0.05) is 24.3 Å². The normalized spacial score (nSPS) is 10.7. The maximum atomic E-state index is 12.6. The Morgan fingerprint density at radius 2 is 2.19 bits per heavy atom. The fraction of sp³-hybridized carbons (Fsp3) is 0.0625. The van der Waals surface area contributed by atoms with Crippen molar-refractivity contribution in [2.75, 3.05) is 6.61 Å². The van der Waals surface area contributed by atoms with E-state index in [-0.39, 0.29) is 23.5 Å². The van der Waals surface area contributed by atoms with E-state index in [2.05, 4.69) is 6.58 Å². The van der Waals surface area contributed by atoms with Crippen LogP contribution in [0.2, 0.25) is 5.02 Å². The highest BCUT2D eigenvalue weighted by Gasteiger charge is 2.19. The van der Waals surface area contributed by atoms with Crippen molar-refractivity contribution in [3.63, 3.8) is 0 Å². The molecule has 106 valence electrons. The summed E-state index contributed by atoms with van der Waals surface area (Å²) in [5.74, 6) is 0.754.